The molecule has 1 fully saturated rings. The first-order chi connectivity index (χ1) is 8.02. The molecule has 1 amide bonds. The van der Waals surface area contributed by atoms with Gasteiger partial charge in [-0.2, -0.15) is 0 Å². The number of benzene rings is 1. The molecule has 1 aromatic carbocycles. The zero-order chi connectivity index (χ0) is 12.5. The van der Waals surface area contributed by atoms with E-state index in [0.29, 0.717) is 5.56 Å². The number of carbonyl (C=O) groups is 1. The first-order valence-electron chi connectivity index (χ1n) is 5.62. The summed E-state index contributed by atoms with van der Waals surface area (Å²) in [5, 5.41) is 2.91. The number of hydrogen-bond donors (Lipinski definition) is 1. The van der Waals surface area contributed by atoms with E-state index in [-0.39, 0.29) is 17.0 Å². The normalized spacial score (nSPS) is 16.8. The Morgan fingerprint density at radius 2 is 2.18 bits per heavy atom. The van der Waals surface area contributed by atoms with Crippen molar-refractivity contribution >= 4 is 5.91 Å². The van der Waals surface area contributed by atoms with Gasteiger partial charge in [-0.3, -0.25) is 4.79 Å². The van der Waals surface area contributed by atoms with E-state index in [0.717, 1.165) is 19.3 Å². The van der Waals surface area contributed by atoms with Gasteiger partial charge in [0, 0.05) is 16.7 Å². The van der Waals surface area contributed by atoms with E-state index >= 15 is 0 Å². The Morgan fingerprint density at radius 1 is 1.47 bits per heavy atom. The quantitative estimate of drug-likeness (QED) is 0.778. The molecule has 0 radical (unpaired) electrons. The third-order valence-electron chi connectivity index (χ3n) is 3.20. The van der Waals surface area contributed by atoms with E-state index in [1.807, 2.05) is 6.92 Å². The number of carbonyl (C=O) groups excluding carboxylic acids is 1. The van der Waals surface area contributed by atoms with Crippen molar-refractivity contribution < 1.29 is 9.18 Å². The summed E-state index contributed by atoms with van der Waals surface area (Å²) in [7, 11) is 0. The number of rotatable bonds is 2. The van der Waals surface area contributed by atoms with Gasteiger partial charge in [-0.25, -0.2) is 4.39 Å². The molecule has 2 rings (SSSR count). The number of hydrogen-bond acceptors (Lipinski definition) is 1. The minimum absolute atomic E-state index is 0.139. The third kappa shape index (κ3) is 2.47. The molecule has 1 aliphatic carbocycles. The van der Waals surface area contributed by atoms with E-state index < -0.39 is 5.82 Å². The van der Waals surface area contributed by atoms with Gasteiger partial charge in [-0.1, -0.05) is 5.92 Å². The summed E-state index contributed by atoms with van der Waals surface area (Å²) in [4.78, 5) is 11.9. The fourth-order valence-electron chi connectivity index (χ4n) is 1.98. The van der Waals surface area contributed by atoms with Crippen LogP contribution in [0.1, 0.15) is 42.1 Å². The highest BCUT2D eigenvalue weighted by Gasteiger charge is 2.33. The highest BCUT2D eigenvalue weighted by molar-refractivity contribution is 5.95. The summed E-state index contributed by atoms with van der Waals surface area (Å²) in [5.74, 6) is 1.59. The molecule has 88 valence electrons. The minimum atomic E-state index is -0.482. The second-order valence-electron chi connectivity index (χ2n) is 4.74. The molecule has 0 unspecified atom stereocenters. The maximum atomic E-state index is 13.2. The smallest absolute Gasteiger partial charge is 0.251 e. The monoisotopic (exact) mass is 231 g/mol. The zero-order valence-corrected chi connectivity index (χ0v) is 9.72. The fourth-order valence-corrected chi connectivity index (χ4v) is 1.98. The van der Waals surface area contributed by atoms with Gasteiger partial charge in [0.15, 0.2) is 0 Å². The number of halogens is 1. The SMILES string of the molecule is C#Cc1cc(F)cc(C(=O)NC2(C)CCC2)c1. The van der Waals surface area contributed by atoms with Gasteiger partial charge < -0.3 is 5.32 Å². The number of amides is 1. The van der Waals surface area contributed by atoms with Crippen molar-refractivity contribution in [2.75, 3.05) is 0 Å². The molecular formula is C14H14FNO. The van der Waals surface area contributed by atoms with Gasteiger partial charge in [0.25, 0.3) is 5.91 Å². The Labute approximate surface area is 100 Å². The summed E-state index contributed by atoms with van der Waals surface area (Å²) in [6, 6.07) is 3.97. The predicted molar refractivity (Wildman–Crippen MR) is 64.1 cm³/mol. The molecule has 0 aliphatic heterocycles. The molecule has 0 saturated heterocycles. The predicted octanol–water partition coefficient (Wildman–Crippen LogP) is 2.48. The third-order valence-corrected chi connectivity index (χ3v) is 3.20. The van der Waals surface area contributed by atoms with Crippen molar-refractivity contribution in [1.82, 2.24) is 5.32 Å². The summed E-state index contributed by atoms with van der Waals surface area (Å²) in [6.45, 7) is 2.00. The molecule has 0 bridgehead atoms. The maximum absolute atomic E-state index is 13.2. The summed E-state index contributed by atoms with van der Waals surface area (Å²) in [6.07, 6.45) is 8.26. The largest absolute Gasteiger partial charge is 0.347 e. The molecule has 0 atom stereocenters. The second kappa shape index (κ2) is 4.21. The standard InChI is InChI=1S/C14H14FNO/c1-3-10-7-11(9-12(15)8-10)13(17)16-14(2)5-4-6-14/h1,7-9H,4-6H2,2H3,(H,16,17). The van der Waals surface area contributed by atoms with E-state index in [1.54, 1.807) is 0 Å². The highest BCUT2D eigenvalue weighted by atomic mass is 19.1. The molecule has 1 saturated carbocycles. The van der Waals surface area contributed by atoms with Crippen LogP contribution in [0.3, 0.4) is 0 Å². The van der Waals surface area contributed by atoms with Crippen LogP contribution in [0, 0.1) is 18.2 Å². The van der Waals surface area contributed by atoms with E-state index in [1.165, 1.54) is 18.2 Å². The molecular weight excluding hydrogens is 217 g/mol. The van der Waals surface area contributed by atoms with Crippen LogP contribution in [0.2, 0.25) is 0 Å². The Hall–Kier alpha value is -1.82. The van der Waals surface area contributed by atoms with Crippen molar-refractivity contribution in [2.24, 2.45) is 0 Å². The second-order valence-corrected chi connectivity index (χ2v) is 4.74. The molecule has 3 heteroatoms. The zero-order valence-electron chi connectivity index (χ0n) is 9.72. The maximum Gasteiger partial charge on any atom is 0.251 e. The molecule has 0 heterocycles. The van der Waals surface area contributed by atoms with Gasteiger partial charge >= 0.3 is 0 Å². The molecule has 17 heavy (non-hydrogen) atoms. The van der Waals surface area contributed by atoms with Gasteiger partial charge in [0.05, 0.1) is 0 Å². The molecule has 1 aromatic rings. The molecule has 0 aromatic heterocycles. The molecule has 1 aliphatic rings. The van der Waals surface area contributed by atoms with Gasteiger partial charge in [-0.05, 0) is 44.4 Å². The van der Waals surface area contributed by atoms with E-state index in [4.69, 9.17) is 6.42 Å². The van der Waals surface area contributed by atoms with Crippen LogP contribution in [0.4, 0.5) is 4.39 Å². The van der Waals surface area contributed by atoms with Crippen molar-refractivity contribution in [1.29, 1.82) is 0 Å². The van der Waals surface area contributed by atoms with Crippen LogP contribution in [0.15, 0.2) is 18.2 Å². The summed E-state index contributed by atoms with van der Waals surface area (Å²) < 4.78 is 13.2. The van der Waals surface area contributed by atoms with Gasteiger partial charge in [0.2, 0.25) is 0 Å². The van der Waals surface area contributed by atoms with Gasteiger partial charge in [0.1, 0.15) is 5.82 Å². The van der Waals surface area contributed by atoms with E-state index in [2.05, 4.69) is 11.2 Å². The van der Waals surface area contributed by atoms with Crippen LogP contribution < -0.4 is 5.32 Å². The number of terminal acetylenes is 1. The fraction of sp³-hybridized carbons (Fsp3) is 0.357. The lowest BCUT2D eigenvalue weighted by Gasteiger charge is -2.39. The first kappa shape index (κ1) is 11.7. The summed E-state index contributed by atoms with van der Waals surface area (Å²) >= 11 is 0. The molecule has 1 N–H and O–H groups in total. The Kier molecular flexibility index (Phi) is 2.89. The van der Waals surface area contributed by atoms with E-state index in [9.17, 15) is 9.18 Å². The topological polar surface area (TPSA) is 29.1 Å². The van der Waals surface area contributed by atoms with Crippen LogP contribution in [-0.2, 0) is 0 Å². The van der Waals surface area contributed by atoms with Gasteiger partial charge in [-0.15, -0.1) is 6.42 Å². The van der Waals surface area contributed by atoms with Crippen molar-refractivity contribution in [2.45, 2.75) is 31.7 Å². The van der Waals surface area contributed by atoms with Crippen LogP contribution in [0.5, 0.6) is 0 Å². The Morgan fingerprint density at radius 3 is 2.71 bits per heavy atom. The Bertz CT molecular complexity index is 497. The van der Waals surface area contributed by atoms with Crippen molar-refractivity contribution in [3.63, 3.8) is 0 Å². The van der Waals surface area contributed by atoms with Crippen molar-refractivity contribution in [3.8, 4) is 12.3 Å². The first-order valence-corrected chi connectivity index (χ1v) is 5.62. The lowest BCUT2D eigenvalue weighted by molar-refractivity contribution is 0.0850. The summed E-state index contributed by atoms with van der Waals surface area (Å²) in [5.41, 5.74) is 0.527. The van der Waals surface area contributed by atoms with Crippen LogP contribution >= 0.6 is 0 Å². The van der Waals surface area contributed by atoms with Crippen LogP contribution in [0.25, 0.3) is 0 Å². The lowest BCUT2D eigenvalue weighted by atomic mass is 9.78. The Balaban J connectivity index is 2.19. The average Bonchev–Trinajstić information content (AvgIpc) is 2.26. The minimum Gasteiger partial charge on any atom is -0.347 e. The number of nitrogens with one attached hydrogen (secondary N) is 1. The van der Waals surface area contributed by atoms with Crippen LogP contribution in [-0.4, -0.2) is 11.4 Å². The lowest BCUT2D eigenvalue weighted by Crippen LogP contribution is -2.50. The van der Waals surface area contributed by atoms with Crippen molar-refractivity contribution in [3.05, 3.63) is 35.1 Å². The highest BCUT2D eigenvalue weighted by Crippen LogP contribution is 2.31. The average molecular weight is 231 g/mol. The molecule has 0 spiro atoms. The molecule has 2 nitrogen and oxygen atoms in total.